The molecule has 1 saturated heterocycles. The second-order valence-electron chi connectivity index (χ2n) is 10.5. The molecular weight excluding hydrogens is 480 g/mol. The molecule has 0 aromatic heterocycles. The molecule has 0 radical (unpaired) electrons. The zero-order valence-corrected chi connectivity index (χ0v) is 22.7. The Morgan fingerprint density at radius 2 is 1.68 bits per heavy atom. The standard InChI is InChI=1S/C31H40N2O5/c1-4-38-31(36)27-21(2)28(30(35)32-20-23-14-17-25(37-3)18-15-23)33(29(27)24-12-6-5-7-13-24)26(34)19-16-22-10-8-9-11-22/h5-7,12-15,17-18,21-22,27-29H,4,8-11,16,19-20H2,1-3H3,(H,32,35). The number of benzene rings is 2. The fourth-order valence-electron chi connectivity index (χ4n) is 6.15. The van der Waals surface area contributed by atoms with Crippen molar-refractivity contribution in [3.05, 3.63) is 65.7 Å². The van der Waals surface area contributed by atoms with Gasteiger partial charge in [0.2, 0.25) is 11.8 Å². The summed E-state index contributed by atoms with van der Waals surface area (Å²) < 4.78 is 10.7. The van der Waals surface area contributed by atoms with Crippen molar-refractivity contribution in [1.82, 2.24) is 10.2 Å². The number of nitrogens with one attached hydrogen (secondary N) is 1. The lowest BCUT2D eigenvalue weighted by atomic mass is 9.85. The van der Waals surface area contributed by atoms with Crippen molar-refractivity contribution in [2.75, 3.05) is 13.7 Å². The van der Waals surface area contributed by atoms with Gasteiger partial charge < -0.3 is 19.7 Å². The Kier molecular flexibility index (Phi) is 9.43. The van der Waals surface area contributed by atoms with Crippen LogP contribution in [0.5, 0.6) is 5.75 Å². The van der Waals surface area contributed by atoms with Gasteiger partial charge in [0.05, 0.1) is 25.7 Å². The molecule has 1 aliphatic heterocycles. The Labute approximate surface area is 225 Å². The molecule has 2 amide bonds. The number of amides is 2. The number of carbonyl (C=O) groups is 3. The highest BCUT2D eigenvalue weighted by Gasteiger charge is 2.55. The van der Waals surface area contributed by atoms with Gasteiger partial charge in [0, 0.05) is 18.9 Å². The Hall–Kier alpha value is -3.35. The van der Waals surface area contributed by atoms with Crippen molar-refractivity contribution < 1.29 is 23.9 Å². The maximum atomic E-state index is 13.9. The van der Waals surface area contributed by atoms with Crippen molar-refractivity contribution in [1.29, 1.82) is 0 Å². The van der Waals surface area contributed by atoms with Crippen LogP contribution in [0.25, 0.3) is 0 Å². The number of likely N-dealkylation sites (tertiary alicyclic amines) is 1. The molecular formula is C31H40N2O5. The van der Waals surface area contributed by atoms with Gasteiger partial charge in [-0.2, -0.15) is 0 Å². The fourth-order valence-corrected chi connectivity index (χ4v) is 6.15. The van der Waals surface area contributed by atoms with Gasteiger partial charge >= 0.3 is 5.97 Å². The Morgan fingerprint density at radius 1 is 1.00 bits per heavy atom. The predicted molar refractivity (Wildman–Crippen MR) is 145 cm³/mol. The minimum atomic E-state index is -0.774. The molecule has 7 heteroatoms. The smallest absolute Gasteiger partial charge is 0.311 e. The third kappa shape index (κ3) is 6.20. The van der Waals surface area contributed by atoms with E-state index in [2.05, 4.69) is 5.32 Å². The largest absolute Gasteiger partial charge is 0.497 e. The van der Waals surface area contributed by atoms with Crippen LogP contribution in [0.1, 0.15) is 69.5 Å². The normalized spacial score (nSPS) is 23.3. The molecule has 7 nitrogen and oxygen atoms in total. The van der Waals surface area contributed by atoms with Gasteiger partial charge in [-0.25, -0.2) is 0 Å². The maximum absolute atomic E-state index is 13.9. The van der Waals surface area contributed by atoms with Crippen LogP contribution in [0.4, 0.5) is 0 Å². The van der Waals surface area contributed by atoms with Crippen molar-refractivity contribution in [3.8, 4) is 5.75 Å². The number of hydrogen-bond donors (Lipinski definition) is 1. The quantitative estimate of drug-likeness (QED) is 0.443. The molecule has 2 aromatic carbocycles. The maximum Gasteiger partial charge on any atom is 0.311 e. The van der Waals surface area contributed by atoms with E-state index in [1.165, 1.54) is 12.8 Å². The molecule has 4 atom stereocenters. The van der Waals surface area contributed by atoms with E-state index in [4.69, 9.17) is 9.47 Å². The van der Waals surface area contributed by atoms with Crippen molar-refractivity contribution >= 4 is 17.8 Å². The first-order chi connectivity index (χ1) is 18.4. The van der Waals surface area contributed by atoms with Crippen LogP contribution >= 0.6 is 0 Å². The van der Waals surface area contributed by atoms with Gasteiger partial charge in [-0.1, -0.05) is 75.1 Å². The first-order valence-electron chi connectivity index (χ1n) is 13.9. The van der Waals surface area contributed by atoms with E-state index in [-0.39, 0.29) is 24.4 Å². The molecule has 1 heterocycles. The lowest BCUT2D eigenvalue weighted by molar-refractivity contribution is -0.150. The third-order valence-corrected chi connectivity index (χ3v) is 8.13. The van der Waals surface area contributed by atoms with E-state index < -0.39 is 23.9 Å². The molecule has 1 aliphatic carbocycles. The number of ether oxygens (including phenoxy) is 2. The van der Waals surface area contributed by atoms with Crippen LogP contribution in [0.3, 0.4) is 0 Å². The van der Waals surface area contributed by atoms with Gasteiger partial charge in [-0.15, -0.1) is 0 Å². The molecule has 1 N–H and O–H groups in total. The lowest BCUT2D eigenvalue weighted by Crippen LogP contribution is -2.48. The summed E-state index contributed by atoms with van der Waals surface area (Å²) in [5.41, 5.74) is 1.77. The Balaban J connectivity index is 1.62. The van der Waals surface area contributed by atoms with E-state index in [0.29, 0.717) is 18.9 Å². The minimum absolute atomic E-state index is 0.0750. The summed E-state index contributed by atoms with van der Waals surface area (Å²) in [6.07, 6.45) is 5.93. The first-order valence-corrected chi connectivity index (χ1v) is 13.9. The van der Waals surface area contributed by atoms with Gasteiger partial charge in [0.1, 0.15) is 11.8 Å². The highest BCUT2D eigenvalue weighted by molar-refractivity contribution is 5.91. The first kappa shape index (κ1) is 27.7. The van der Waals surface area contributed by atoms with E-state index in [0.717, 1.165) is 36.1 Å². The zero-order chi connectivity index (χ0) is 27.1. The fraction of sp³-hybridized carbons (Fsp3) is 0.516. The summed E-state index contributed by atoms with van der Waals surface area (Å²) in [5, 5.41) is 3.03. The van der Waals surface area contributed by atoms with E-state index in [1.807, 2.05) is 61.5 Å². The van der Waals surface area contributed by atoms with Crippen molar-refractivity contribution in [3.63, 3.8) is 0 Å². The number of methoxy groups -OCH3 is 1. The molecule has 4 rings (SSSR count). The summed E-state index contributed by atoms with van der Waals surface area (Å²) in [6.45, 7) is 4.22. The highest BCUT2D eigenvalue weighted by Crippen LogP contribution is 2.46. The molecule has 2 aromatic rings. The number of esters is 1. The van der Waals surface area contributed by atoms with Crippen LogP contribution in [0, 0.1) is 17.8 Å². The van der Waals surface area contributed by atoms with Crippen molar-refractivity contribution in [2.45, 2.75) is 71.0 Å². The molecule has 0 bridgehead atoms. The molecule has 38 heavy (non-hydrogen) atoms. The third-order valence-electron chi connectivity index (χ3n) is 8.13. The summed E-state index contributed by atoms with van der Waals surface area (Å²) in [7, 11) is 1.61. The Bertz CT molecular complexity index is 1080. The summed E-state index contributed by atoms with van der Waals surface area (Å²) in [5.74, 6) is -0.448. The lowest BCUT2D eigenvalue weighted by Gasteiger charge is -2.32. The van der Waals surface area contributed by atoms with Crippen LogP contribution in [0.2, 0.25) is 0 Å². The average Bonchev–Trinajstić information content (AvgIpc) is 3.57. The second-order valence-corrected chi connectivity index (χ2v) is 10.5. The van der Waals surface area contributed by atoms with Crippen LogP contribution < -0.4 is 10.1 Å². The van der Waals surface area contributed by atoms with Gasteiger partial charge in [-0.05, 0) is 42.5 Å². The van der Waals surface area contributed by atoms with Crippen LogP contribution in [-0.4, -0.2) is 42.4 Å². The summed E-state index contributed by atoms with van der Waals surface area (Å²) in [4.78, 5) is 42.6. The average molecular weight is 521 g/mol. The molecule has 2 aliphatic rings. The number of carbonyl (C=O) groups excluding carboxylic acids is 3. The SMILES string of the molecule is CCOC(=O)C1C(C)C(C(=O)NCc2ccc(OC)cc2)N(C(=O)CCC2CCCC2)C1c1ccccc1. The topological polar surface area (TPSA) is 84.9 Å². The minimum Gasteiger partial charge on any atom is -0.497 e. The monoisotopic (exact) mass is 520 g/mol. The van der Waals surface area contributed by atoms with Crippen molar-refractivity contribution in [2.24, 2.45) is 17.8 Å². The summed E-state index contributed by atoms with van der Waals surface area (Å²) in [6, 6.07) is 15.7. The predicted octanol–water partition coefficient (Wildman–Crippen LogP) is 5.05. The van der Waals surface area contributed by atoms with E-state index in [1.54, 1.807) is 18.9 Å². The molecule has 204 valence electrons. The highest BCUT2D eigenvalue weighted by atomic mass is 16.5. The number of rotatable bonds is 10. The number of nitrogens with zero attached hydrogens (tertiary/aromatic N) is 1. The van der Waals surface area contributed by atoms with E-state index >= 15 is 0 Å². The van der Waals surface area contributed by atoms with Gasteiger partial charge in [-0.3, -0.25) is 14.4 Å². The molecule has 0 spiro atoms. The number of hydrogen-bond acceptors (Lipinski definition) is 5. The second kappa shape index (κ2) is 12.9. The Morgan fingerprint density at radius 3 is 2.32 bits per heavy atom. The zero-order valence-electron chi connectivity index (χ0n) is 22.7. The van der Waals surface area contributed by atoms with Crippen LogP contribution in [0.15, 0.2) is 54.6 Å². The molecule has 1 saturated carbocycles. The van der Waals surface area contributed by atoms with Gasteiger partial charge in [0.25, 0.3) is 0 Å². The summed E-state index contributed by atoms with van der Waals surface area (Å²) >= 11 is 0. The van der Waals surface area contributed by atoms with Crippen LogP contribution in [-0.2, 0) is 25.7 Å². The van der Waals surface area contributed by atoms with Gasteiger partial charge in [0.15, 0.2) is 0 Å². The molecule has 4 unspecified atom stereocenters. The van der Waals surface area contributed by atoms with E-state index in [9.17, 15) is 14.4 Å². The molecule has 2 fully saturated rings.